The number of rotatable bonds is 11. The molecule has 23 heavy (non-hydrogen) atoms. The summed E-state index contributed by atoms with van der Waals surface area (Å²) >= 11 is 0. The first-order valence-corrected chi connectivity index (χ1v) is 10.2. The SMILES string of the molecule is NC(CCCCCCCCC1(C=NO)CCCC1)C1CCCC1. The predicted molar refractivity (Wildman–Crippen MR) is 98.0 cm³/mol. The molecule has 0 spiro atoms. The van der Waals surface area contributed by atoms with Gasteiger partial charge in [0.25, 0.3) is 0 Å². The third kappa shape index (κ3) is 6.45. The lowest BCUT2D eigenvalue weighted by atomic mass is 9.82. The normalized spacial score (nSPS) is 23.0. The fourth-order valence-corrected chi connectivity index (χ4v) is 4.83. The van der Waals surface area contributed by atoms with Crippen LogP contribution in [-0.2, 0) is 0 Å². The minimum absolute atomic E-state index is 0.225. The van der Waals surface area contributed by atoms with Crippen molar-refractivity contribution in [3.8, 4) is 0 Å². The minimum Gasteiger partial charge on any atom is -0.411 e. The number of unbranched alkanes of at least 4 members (excludes halogenated alkanes) is 5. The van der Waals surface area contributed by atoms with Gasteiger partial charge in [-0.2, -0.15) is 0 Å². The van der Waals surface area contributed by atoms with Gasteiger partial charge in [0.2, 0.25) is 0 Å². The molecule has 1 atom stereocenters. The van der Waals surface area contributed by atoms with Gasteiger partial charge in [-0.05, 0) is 44.4 Å². The number of hydrogen-bond acceptors (Lipinski definition) is 3. The average molecular weight is 323 g/mol. The maximum Gasteiger partial charge on any atom is 0.0497 e. The summed E-state index contributed by atoms with van der Waals surface area (Å²) in [6.07, 6.45) is 22.9. The van der Waals surface area contributed by atoms with Gasteiger partial charge < -0.3 is 10.9 Å². The van der Waals surface area contributed by atoms with Crippen molar-refractivity contribution in [1.29, 1.82) is 0 Å². The number of nitrogens with zero attached hydrogens (tertiary/aromatic N) is 1. The Morgan fingerprint density at radius 1 is 0.957 bits per heavy atom. The van der Waals surface area contributed by atoms with Crippen LogP contribution in [0, 0.1) is 11.3 Å². The van der Waals surface area contributed by atoms with Gasteiger partial charge in [-0.3, -0.25) is 0 Å². The lowest BCUT2D eigenvalue weighted by Gasteiger charge is -2.23. The molecule has 3 heteroatoms. The van der Waals surface area contributed by atoms with Crippen molar-refractivity contribution in [1.82, 2.24) is 0 Å². The zero-order valence-corrected chi connectivity index (χ0v) is 15.0. The molecular weight excluding hydrogens is 284 g/mol. The molecule has 0 aromatic heterocycles. The first-order valence-electron chi connectivity index (χ1n) is 10.2. The summed E-state index contributed by atoms with van der Waals surface area (Å²) in [5.41, 5.74) is 6.55. The van der Waals surface area contributed by atoms with Crippen LogP contribution < -0.4 is 5.73 Å². The van der Waals surface area contributed by atoms with Gasteiger partial charge in [0.05, 0.1) is 0 Å². The standard InChI is InChI=1S/C20H38N2O/c21-19(18-11-6-7-12-18)13-5-3-1-2-4-8-14-20(17-22-23)15-9-10-16-20/h17-19,23H,1-16,21H2. The second-order valence-corrected chi connectivity index (χ2v) is 8.18. The van der Waals surface area contributed by atoms with Crippen molar-refractivity contribution in [2.24, 2.45) is 22.2 Å². The second kappa shape index (κ2) is 10.3. The molecule has 2 rings (SSSR count). The van der Waals surface area contributed by atoms with Crippen LogP contribution in [0.15, 0.2) is 5.16 Å². The van der Waals surface area contributed by atoms with Crippen molar-refractivity contribution < 1.29 is 5.21 Å². The van der Waals surface area contributed by atoms with E-state index >= 15 is 0 Å². The van der Waals surface area contributed by atoms with Gasteiger partial charge in [-0.1, -0.05) is 64.2 Å². The van der Waals surface area contributed by atoms with Crippen molar-refractivity contribution in [3.63, 3.8) is 0 Å². The molecule has 0 saturated heterocycles. The Labute approximate surface area is 143 Å². The largest absolute Gasteiger partial charge is 0.411 e. The third-order valence-corrected chi connectivity index (χ3v) is 6.40. The van der Waals surface area contributed by atoms with E-state index in [1.165, 1.54) is 103 Å². The van der Waals surface area contributed by atoms with Crippen LogP contribution in [0.2, 0.25) is 0 Å². The summed E-state index contributed by atoms with van der Waals surface area (Å²) < 4.78 is 0. The van der Waals surface area contributed by atoms with Gasteiger partial charge >= 0.3 is 0 Å². The Kier molecular flexibility index (Phi) is 8.43. The molecule has 2 fully saturated rings. The topological polar surface area (TPSA) is 58.6 Å². The van der Waals surface area contributed by atoms with Crippen LogP contribution in [-0.4, -0.2) is 17.5 Å². The van der Waals surface area contributed by atoms with Crippen molar-refractivity contribution in [3.05, 3.63) is 0 Å². The summed E-state index contributed by atoms with van der Waals surface area (Å²) in [6, 6.07) is 0.470. The van der Waals surface area contributed by atoms with Crippen LogP contribution in [0.4, 0.5) is 0 Å². The Balaban J connectivity index is 1.44. The monoisotopic (exact) mass is 322 g/mol. The molecule has 0 aliphatic heterocycles. The highest BCUT2D eigenvalue weighted by atomic mass is 16.4. The first-order chi connectivity index (χ1) is 11.3. The molecule has 3 nitrogen and oxygen atoms in total. The maximum atomic E-state index is 8.87. The smallest absolute Gasteiger partial charge is 0.0497 e. The maximum absolute atomic E-state index is 8.87. The molecule has 0 heterocycles. The van der Waals surface area contributed by atoms with E-state index in [1.54, 1.807) is 0 Å². The highest BCUT2D eigenvalue weighted by molar-refractivity contribution is 5.65. The van der Waals surface area contributed by atoms with Crippen molar-refractivity contribution in [2.75, 3.05) is 0 Å². The average Bonchev–Trinajstić information content (AvgIpc) is 3.22. The molecular formula is C20H38N2O. The molecule has 0 amide bonds. The van der Waals surface area contributed by atoms with E-state index in [-0.39, 0.29) is 5.41 Å². The van der Waals surface area contributed by atoms with Gasteiger partial charge in [0.15, 0.2) is 0 Å². The lowest BCUT2D eigenvalue weighted by molar-refractivity contribution is 0.302. The van der Waals surface area contributed by atoms with Gasteiger partial charge in [0.1, 0.15) is 0 Å². The number of oxime groups is 1. The highest BCUT2D eigenvalue weighted by Crippen LogP contribution is 2.40. The first kappa shape index (κ1) is 18.8. The van der Waals surface area contributed by atoms with E-state index < -0.39 is 0 Å². The third-order valence-electron chi connectivity index (χ3n) is 6.40. The van der Waals surface area contributed by atoms with Crippen LogP contribution in [0.25, 0.3) is 0 Å². The minimum atomic E-state index is 0.225. The molecule has 3 N–H and O–H groups in total. The number of hydrogen-bond donors (Lipinski definition) is 2. The van der Waals surface area contributed by atoms with E-state index in [0.717, 1.165) is 5.92 Å². The Morgan fingerprint density at radius 2 is 1.57 bits per heavy atom. The molecule has 0 aromatic rings. The van der Waals surface area contributed by atoms with Crippen LogP contribution in [0.1, 0.15) is 103 Å². The van der Waals surface area contributed by atoms with Gasteiger partial charge in [-0.15, -0.1) is 5.16 Å². The summed E-state index contributed by atoms with van der Waals surface area (Å²) in [5, 5.41) is 12.2. The van der Waals surface area contributed by atoms with E-state index in [1.807, 2.05) is 6.21 Å². The van der Waals surface area contributed by atoms with E-state index in [9.17, 15) is 0 Å². The molecule has 1 unspecified atom stereocenters. The van der Waals surface area contributed by atoms with Crippen molar-refractivity contribution >= 4 is 6.21 Å². The fourth-order valence-electron chi connectivity index (χ4n) is 4.83. The van der Waals surface area contributed by atoms with Gasteiger partial charge in [0, 0.05) is 17.7 Å². The predicted octanol–water partition coefficient (Wildman–Crippen LogP) is 5.65. The van der Waals surface area contributed by atoms with Crippen molar-refractivity contribution in [2.45, 2.75) is 109 Å². The summed E-state index contributed by atoms with van der Waals surface area (Å²) in [7, 11) is 0. The molecule has 2 aliphatic rings. The van der Waals surface area contributed by atoms with E-state index in [2.05, 4.69) is 5.16 Å². The zero-order valence-electron chi connectivity index (χ0n) is 15.0. The second-order valence-electron chi connectivity index (χ2n) is 8.18. The molecule has 2 saturated carbocycles. The molecule has 0 radical (unpaired) electrons. The van der Waals surface area contributed by atoms with Crippen LogP contribution in [0.3, 0.4) is 0 Å². The quantitative estimate of drug-likeness (QED) is 0.224. The van der Waals surface area contributed by atoms with Crippen LogP contribution in [0.5, 0.6) is 0 Å². The lowest BCUT2D eigenvalue weighted by Crippen LogP contribution is -2.28. The Hall–Kier alpha value is -0.570. The molecule has 0 bridgehead atoms. The molecule has 134 valence electrons. The van der Waals surface area contributed by atoms with E-state index in [0.29, 0.717) is 6.04 Å². The molecule has 2 aliphatic carbocycles. The number of nitrogens with two attached hydrogens (primary N) is 1. The summed E-state index contributed by atoms with van der Waals surface area (Å²) in [6.45, 7) is 0. The highest BCUT2D eigenvalue weighted by Gasteiger charge is 2.31. The zero-order chi connectivity index (χ0) is 16.4. The van der Waals surface area contributed by atoms with Gasteiger partial charge in [-0.25, -0.2) is 0 Å². The molecule has 0 aromatic carbocycles. The van der Waals surface area contributed by atoms with E-state index in [4.69, 9.17) is 10.9 Å². The summed E-state index contributed by atoms with van der Waals surface area (Å²) in [4.78, 5) is 0. The Morgan fingerprint density at radius 3 is 2.22 bits per heavy atom. The fraction of sp³-hybridized carbons (Fsp3) is 0.950. The van der Waals surface area contributed by atoms with Crippen LogP contribution >= 0.6 is 0 Å². The summed E-state index contributed by atoms with van der Waals surface area (Å²) in [5.74, 6) is 0.825. The Bertz CT molecular complexity index is 331.